The van der Waals surface area contributed by atoms with Crippen molar-refractivity contribution in [2.24, 2.45) is 0 Å². The summed E-state index contributed by atoms with van der Waals surface area (Å²) in [6, 6.07) is -4.46. The number of likely N-dealkylation sites (tertiary alicyclic amines) is 1. The molecule has 0 aromatic carbocycles. The smallest absolute Gasteiger partial charge is 0.245 e. The molecule has 0 spiro atoms. The molecule has 5 atom stereocenters. The second kappa shape index (κ2) is 14.0. The van der Waals surface area contributed by atoms with Crippen LogP contribution in [0.25, 0.3) is 0 Å². The van der Waals surface area contributed by atoms with Crippen molar-refractivity contribution >= 4 is 60.7 Å². The maximum Gasteiger partial charge on any atom is 0.245 e. The van der Waals surface area contributed by atoms with Gasteiger partial charge in [0, 0.05) is 32.0 Å². The average molecular weight is 519 g/mol. The van der Waals surface area contributed by atoms with E-state index in [2.05, 4.69) is 51.8 Å². The van der Waals surface area contributed by atoms with Crippen LogP contribution < -0.4 is 26.6 Å². The minimum atomic E-state index is -0.956. The highest BCUT2D eigenvalue weighted by atomic mass is 32.1. The van der Waals surface area contributed by atoms with Gasteiger partial charge in [-0.05, 0) is 26.7 Å². The van der Waals surface area contributed by atoms with E-state index < -0.39 is 65.7 Å². The first kappa shape index (κ1) is 29.6. The van der Waals surface area contributed by atoms with Crippen molar-refractivity contribution in [3.8, 4) is 0 Å². The third-order valence-electron chi connectivity index (χ3n) is 5.26. The molecule has 192 valence electrons. The normalized spacial score (nSPS) is 18.6. The number of nitrogens with zero attached hydrogens (tertiary/aromatic N) is 1. The summed E-state index contributed by atoms with van der Waals surface area (Å²) in [5, 5.41) is 12.5. The second-order valence-corrected chi connectivity index (χ2v) is 8.67. The summed E-state index contributed by atoms with van der Waals surface area (Å²) in [5.74, 6) is -2.79. The van der Waals surface area contributed by atoms with Gasteiger partial charge in [0.1, 0.15) is 30.2 Å². The first-order valence-corrected chi connectivity index (χ1v) is 12.1. The minimum absolute atomic E-state index is 0.0506. The summed E-state index contributed by atoms with van der Waals surface area (Å²) < 4.78 is 0. The van der Waals surface area contributed by atoms with Gasteiger partial charge in [0.05, 0.1) is 0 Å². The second-order valence-electron chi connectivity index (χ2n) is 7.94. The van der Waals surface area contributed by atoms with Gasteiger partial charge < -0.3 is 31.5 Å². The van der Waals surface area contributed by atoms with Gasteiger partial charge in [-0.1, -0.05) is 0 Å². The molecule has 0 unspecified atom stereocenters. The molecule has 12 nitrogen and oxygen atoms in total. The largest absolute Gasteiger partial charge is 0.357 e. The molecule has 1 aliphatic rings. The molecule has 14 heteroatoms. The Bertz CT molecular complexity index is 798. The van der Waals surface area contributed by atoms with Crippen LogP contribution >= 0.6 is 25.3 Å². The van der Waals surface area contributed by atoms with Crippen molar-refractivity contribution < 1.29 is 28.8 Å². The van der Waals surface area contributed by atoms with Gasteiger partial charge in [0.25, 0.3) is 0 Å². The van der Waals surface area contributed by atoms with Crippen LogP contribution in [0.5, 0.6) is 0 Å². The van der Waals surface area contributed by atoms with E-state index in [9.17, 15) is 28.8 Å². The molecule has 6 amide bonds. The highest BCUT2D eigenvalue weighted by Gasteiger charge is 2.37. The number of hydrogen-bond acceptors (Lipinski definition) is 8. The third kappa shape index (κ3) is 8.38. The summed E-state index contributed by atoms with van der Waals surface area (Å²) in [4.78, 5) is 74.8. The first-order chi connectivity index (χ1) is 16.0. The maximum absolute atomic E-state index is 12.9. The molecule has 1 fully saturated rings. The third-order valence-corrected chi connectivity index (χ3v) is 5.99. The fourth-order valence-corrected chi connectivity index (χ4v) is 3.92. The monoisotopic (exact) mass is 518 g/mol. The topological polar surface area (TPSA) is 166 Å². The lowest BCUT2D eigenvalue weighted by Crippen LogP contribution is -2.58. The highest BCUT2D eigenvalue weighted by Crippen LogP contribution is 2.19. The van der Waals surface area contributed by atoms with Crippen LogP contribution in [0.4, 0.5) is 0 Å². The van der Waals surface area contributed by atoms with Crippen molar-refractivity contribution in [3.63, 3.8) is 0 Å². The van der Waals surface area contributed by atoms with Crippen molar-refractivity contribution in [3.05, 3.63) is 0 Å². The van der Waals surface area contributed by atoms with Crippen LogP contribution in [-0.4, -0.2) is 95.7 Å². The van der Waals surface area contributed by atoms with Gasteiger partial charge in [-0.25, -0.2) is 0 Å². The Labute approximate surface area is 209 Å². The summed E-state index contributed by atoms with van der Waals surface area (Å²) in [6.45, 7) is 4.54. The van der Waals surface area contributed by atoms with Gasteiger partial charge in [-0.2, -0.15) is 25.3 Å². The number of nitrogens with one attached hydrogen (secondary N) is 5. The van der Waals surface area contributed by atoms with Gasteiger partial charge in [0.15, 0.2) is 0 Å². The predicted molar refractivity (Wildman–Crippen MR) is 131 cm³/mol. The molecule has 1 aliphatic heterocycles. The molecule has 0 aromatic heterocycles. The molecule has 0 saturated carbocycles. The lowest BCUT2D eigenvalue weighted by molar-refractivity contribution is -0.142. The Kier molecular flexibility index (Phi) is 12.2. The van der Waals surface area contributed by atoms with Gasteiger partial charge in [-0.15, -0.1) is 0 Å². The van der Waals surface area contributed by atoms with E-state index in [-0.39, 0.29) is 11.5 Å². The van der Waals surface area contributed by atoms with Crippen LogP contribution in [-0.2, 0) is 28.8 Å². The first-order valence-electron chi connectivity index (χ1n) is 10.9. The Morgan fingerprint density at radius 2 is 1.44 bits per heavy atom. The number of likely N-dealkylation sites (N-methyl/N-ethyl adjacent to an activating group) is 1. The summed E-state index contributed by atoms with van der Waals surface area (Å²) in [7, 11) is 1.43. The van der Waals surface area contributed by atoms with E-state index in [0.29, 0.717) is 19.4 Å². The van der Waals surface area contributed by atoms with Crippen LogP contribution in [0.3, 0.4) is 0 Å². The molecular formula is C20H34N6O6S2. The summed E-state index contributed by atoms with van der Waals surface area (Å²) in [6.07, 6.45) is 0.976. The SMILES string of the molecule is CNC(=O)[C@H](CS)NC(=O)[C@H](C)NC(=O)[C@@H]1CCCN1C(=O)[C@@H](C)NC(=O)[C@H](CS)NC(C)=O. The number of rotatable bonds is 11. The molecule has 1 rings (SSSR count). The van der Waals surface area contributed by atoms with E-state index in [1.807, 2.05) is 0 Å². The van der Waals surface area contributed by atoms with Crippen LogP contribution in [0.2, 0.25) is 0 Å². The minimum Gasteiger partial charge on any atom is -0.357 e. The Balaban J connectivity index is 2.74. The van der Waals surface area contributed by atoms with Crippen molar-refractivity contribution in [1.82, 2.24) is 31.5 Å². The molecule has 0 aromatic rings. The van der Waals surface area contributed by atoms with Gasteiger partial charge >= 0.3 is 0 Å². The number of carbonyl (C=O) groups is 6. The molecule has 1 heterocycles. The van der Waals surface area contributed by atoms with E-state index in [1.165, 1.54) is 32.7 Å². The molecule has 1 saturated heterocycles. The van der Waals surface area contributed by atoms with E-state index in [4.69, 9.17) is 0 Å². The van der Waals surface area contributed by atoms with E-state index in [0.717, 1.165) is 0 Å². The average Bonchev–Trinajstić information content (AvgIpc) is 3.29. The van der Waals surface area contributed by atoms with Crippen molar-refractivity contribution in [2.45, 2.75) is 63.8 Å². The number of carbonyl (C=O) groups excluding carboxylic acids is 6. The Morgan fingerprint density at radius 1 is 0.853 bits per heavy atom. The van der Waals surface area contributed by atoms with Crippen LogP contribution in [0.1, 0.15) is 33.6 Å². The molecule has 0 aliphatic carbocycles. The van der Waals surface area contributed by atoms with Crippen molar-refractivity contribution in [1.29, 1.82) is 0 Å². The molecule has 0 bridgehead atoms. The zero-order chi connectivity index (χ0) is 26.0. The lowest BCUT2D eigenvalue weighted by Gasteiger charge is -2.29. The van der Waals surface area contributed by atoms with E-state index in [1.54, 1.807) is 0 Å². The zero-order valence-corrected chi connectivity index (χ0v) is 21.5. The maximum atomic E-state index is 12.9. The fourth-order valence-electron chi connectivity index (χ4n) is 3.41. The lowest BCUT2D eigenvalue weighted by atomic mass is 10.1. The standard InChI is InChI=1S/C20H34N6O6S2/c1-10(16(28)25-13(8-33)17(29)21-4)22-19(31)15-6-5-7-26(15)20(32)11(2)23-18(30)14(9-34)24-12(3)27/h10-11,13-15,33-34H,5-9H2,1-4H3,(H,21,29)(H,22,31)(H,23,30)(H,24,27)(H,25,28)/t10-,11+,13-,14-,15-/m0/s1. The fraction of sp³-hybridized carbons (Fsp3) is 0.700. The molecular weight excluding hydrogens is 484 g/mol. The van der Waals surface area contributed by atoms with Crippen molar-refractivity contribution in [2.75, 3.05) is 25.1 Å². The predicted octanol–water partition coefficient (Wildman–Crippen LogP) is -2.42. The highest BCUT2D eigenvalue weighted by molar-refractivity contribution is 7.80. The quantitative estimate of drug-likeness (QED) is 0.150. The van der Waals surface area contributed by atoms with E-state index >= 15 is 0 Å². The Morgan fingerprint density at radius 3 is 1.97 bits per heavy atom. The van der Waals surface area contributed by atoms with Gasteiger partial charge in [-0.3, -0.25) is 28.8 Å². The van der Waals surface area contributed by atoms with Crippen LogP contribution in [0.15, 0.2) is 0 Å². The number of thiol groups is 2. The summed E-state index contributed by atoms with van der Waals surface area (Å²) in [5.41, 5.74) is 0. The molecule has 34 heavy (non-hydrogen) atoms. The number of amides is 6. The molecule has 5 N–H and O–H groups in total. The zero-order valence-electron chi connectivity index (χ0n) is 19.7. The molecule has 0 radical (unpaired) electrons. The van der Waals surface area contributed by atoms with Crippen LogP contribution in [0, 0.1) is 0 Å². The van der Waals surface area contributed by atoms with Gasteiger partial charge in [0.2, 0.25) is 35.4 Å². The summed E-state index contributed by atoms with van der Waals surface area (Å²) >= 11 is 8.08. The number of hydrogen-bond donors (Lipinski definition) is 7. The Hall–Kier alpha value is -2.48.